The lowest BCUT2D eigenvalue weighted by Crippen LogP contribution is -2.38. The van der Waals surface area contributed by atoms with Crippen LogP contribution < -0.4 is 5.32 Å². The molecular formula is C18H22N4O3S. The number of allylic oxidation sites excluding steroid dienone is 2. The van der Waals surface area contributed by atoms with Crippen LogP contribution in [-0.2, 0) is 20.8 Å². The van der Waals surface area contributed by atoms with Crippen LogP contribution in [0.25, 0.3) is 0 Å². The number of likely N-dealkylation sites (tertiary alicyclic amines) is 1. The Hall–Kier alpha value is -2.09. The van der Waals surface area contributed by atoms with Gasteiger partial charge in [-0.3, -0.25) is 19.3 Å². The van der Waals surface area contributed by atoms with Gasteiger partial charge >= 0.3 is 0 Å². The molecular weight excluding hydrogens is 352 g/mol. The number of aryl methyl sites for hydroxylation is 1. The lowest BCUT2D eigenvalue weighted by atomic mass is 9.63. The molecule has 0 spiro atoms. The number of anilines is 1. The van der Waals surface area contributed by atoms with Crippen LogP contribution >= 0.6 is 11.3 Å². The van der Waals surface area contributed by atoms with Crippen LogP contribution in [0.3, 0.4) is 0 Å². The smallest absolute Gasteiger partial charge is 0.233 e. The van der Waals surface area contributed by atoms with Gasteiger partial charge in [0.25, 0.3) is 0 Å². The second-order valence-electron chi connectivity index (χ2n) is 7.22. The number of imide groups is 1. The molecule has 138 valence electrons. The molecule has 2 heterocycles. The Morgan fingerprint density at radius 3 is 2.42 bits per heavy atom. The molecule has 1 saturated carbocycles. The van der Waals surface area contributed by atoms with Gasteiger partial charge in [0, 0.05) is 19.4 Å². The minimum absolute atomic E-state index is 0.0857. The van der Waals surface area contributed by atoms with Crippen LogP contribution in [0.1, 0.15) is 37.6 Å². The van der Waals surface area contributed by atoms with E-state index >= 15 is 0 Å². The average molecular weight is 374 g/mol. The topological polar surface area (TPSA) is 92.3 Å². The van der Waals surface area contributed by atoms with Crippen LogP contribution in [-0.4, -0.2) is 39.4 Å². The SMILES string of the molecule is CCCc1nnc(NC(=O)CCN2C(=O)[C@@H]3[C@H](C2=O)[C@H]2C=C[C@H]3CC2)s1. The van der Waals surface area contributed by atoms with E-state index in [0.29, 0.717) is 5.13 Å². The third kappa shape index (κ3) is 2.96. The lowest BCUT2D eigenvalue weighted by Gasteiger charge is -2.38. The van der Waals surface area contributed by atoms with Crippen molar-refractivity contribution in [1.29, 1.82) is 0 Å². The van der Waals surface area contributed by atoms with Crippen LogP contribution in [0.15, 0.2) is 12.2 Å². The fraction of sp³-hybridized carbons (Fsp3) is 0.611. The van der Waals surface area contributed by atoms with Gasteiger partial charge in [0.15, 0.2) is 0 Å². The molecule has 1 saturated heterocycles. The molecule has 7 nitrogen and oxygen atoms in total. The molecule has 5 rings (SSSR count). The summed E-state index contributed by atoms with van der Waals surface area (Å²) in [6.07, 6.45) is 8.05. The molecule has 8 heteroatoms. The lowest BCUT2D eigenvalue weighted by molar-refractivity contribution is -0.140. The van der Waals surface area contributed by atoms with Crippen molar-refractivity contribution < 1.29 is 14.4 Å². The molecule has 1 N–H and O–H groups in total. The number of nitrogens with zero attached hydrogens (tertiary/aromatic N) is 3. The first-order valence-electron chi connectivity index (χ1n) is 9.24. The van der Waals surface area contributed by atoms with Crippen molar-refractivity contribution in [2.75, 3.05) is 11.9 Å². The van der Waals surface area contributed by atoms with E-state index in [1.165, 1.54) is 16.2 Å². The summed E-state index contributed by atoms with van der Waals surface area (Å²) >= 11 is 1.36. The Morgan fingerprint density at radius 2 is 1.85 bits per heavy atom. The number of nitrogens with one attached hydrogen (secondary N) is 1. The summed E-state index contributed by atoms with van der Waals surface area (Å²) in [5.41, 5.74) is 0. The van der Waals surface area contributed by atoms with Crippen molar-refractivity contribution >= 4 is 34.2 Å². The monoisotopic (exact) mass is 374 g/mol. The maximum Gasteiger partial charge on any atom is 0.233 e. The summed E-state index contributed by atoms with van der Waals surface area (Å²) in [6, 6.07) is 0. The zero-order chi connectivity index (χ0) is 18.3. The minimum Gasteiger partial charge on any atom is -0.300 e. The molecule has 26 heavy (non-hydrogen) atoms. The first-order chi connectivity index (χ1) is 12.6. The standard InChI is InChI=1S/C18H22N4O3S/c1-2-3-13-20-21-18(26-13)19-12(23)8-9-22-16(24)14-10-4-5-11(7-6-10)15(14)17(22)25/h4-5,10-11,14-15H,2-3,6-9H2,1H3,(H,19,21,23)/t10-,11-,14-,15+/m0/s1. The fourth-order valence-electron chi connectivity index (χ4n) is 4.37. The van der Waals surface area contributed by atoms with E-state index in [-0.39, 0.29) is 54.4 Å². The Kier molecular flexibility index (Phi) is 4.60. The van der Waals surface area contributed by atoms with Gasteiger partial charge in [-0.05, 0) is 31.1 Å². The van der Waals surface area contributed by atoms with E-state index in [9.17, 15) is 14.4 Å². The molecule has 1 aliphatic heterocycles. The summed E-state index contributed by atoms with van der Waals surface area (Å²) in [6.45, 7) is 2.19. The summed E-state index contributed by atoms with van der Waals surface area (Å²) in [7, 11) is 0. The first-order valence-corrected chi connectivity index (χ1v) is 10.1. The molecule has 4 atom stereocenters. The van der Waals surface area contributed by atoms with Gasteiger partial charge in [-0.1, -0.05) is 30.4 Å². The number of hydrogen-bond donors (Lipinski definition) is 1. The molecule has 1 aromatic heterocycles. The van der Waals surface area contributed by atoms with Gasteiger partial charge in [-0.2, -0.15) is 0 Å². The molecule has 2 bridgehead atoms. The number of fused-ring (bicyclic) bond motifs is 1. The van der Waals surface area contributed by atoms with E-state index in [2.05, 4.69) is 34.6 Å². The molecule has 3 amide bonds. The average Bonchev–Trinajstić information content (AvgIpc) is 3.19. The Labute approximate surface area is 155 Å². The maximum atomic E-state index is 12.7. The summed E-state index contributed by atoms with van der Waals surface area (Å²) in [5, 5.41) is 12.0. The molecule has 2 fully saturated rings. The summed E-state index contributed by atoms with van der Waals surface area (Å²) < 4.78 is 0. The van der Waals surface area contributed by atoms with Gasteiger partial charge in [0.2, 0.25) is 22.9 Å². The normalized spacial score (nSPS) is 29.3. The van der Waals surface area contributed by atoms with E-state index in [1.807, 2.05) is 0 Å². The summed E-state index contributed by atoms with van der Waals surface area (Å²) in [5.74, 6) is -0.526. The second-order valence-corrected chi connectivity index (χ2v) is 8.28. The first kappa shape index (κ1) is 17.3. The molecule has 0 aromatic carbocycles. The molecule has 3 aliphatic carbocycles. The highest BCUT2D eigenvalue weighted by Gasteiger charge is 2.56. The van der Waals surface area contributed by atoms with E-state index in [4.69, 9.17) is 0 Å². The number of amides is 3. The molecule has 0 radical (unpaired) electrons. The van der Waals surface area contributed by atoms with Crippen molar-refractivity contribution in [3.8, 4) is 0 Å². The number of rotatable bonds is 6. The second kappa shape index (κ2) is 6.90. The van der Waals surface area contributed by atoms with Crippen molar-refractivity contribution in [2.24, 2.45) is 23.7 Å². The third-order valence-electron chi connectivity index (χ3n) is 5.59. The van der Waals surface area contributed by atoms with E-state index in [0.717, 1.165) is 30.7 Å². The number of carbonyl (C=O) groups is 3. The van der Waals surface area contributed by atoms with Crippen molar-refractivity contribution in [1.82, 2.24) is 15.1 Å². The van der Waals surface area contributed by atoms with Crippen LogP contribution in [0.2, 0.25) is 0 Å². The zero-order valence-corrected chi connectivity index (χ0v) is 15.5. The predicted molar refractivity (Wildman–Crippen MR) is 96.2 cm³/mol. The minimum atomic E-state index is -0.249. The number of hydrogen-bond acceptors (Lipinski definition) is 6. The van der Waals surface area contributed by atoms with Gasteiger partial charge in [-0.15, -0.1) is 10.2 Å². The summed E-state index contributed by atoms with van der Waals surface area (Å²) in [4.78, 5) is 38.9. The van der Waals surface area contributed by atoms with Gasteiger partial charge in [0.1, 0.15) is 5.01 Å². The molecule has 0 unspecified atom stereocenters. The zero-order valence-electron chi connectivity index (χ0n) is 14.7. The predicted octanol–water partition coefficient (Wildman–Crippen LogP) is 2.02. The molecule has 4 aliphatic rings. The van der Waals surface area contributed by atoms with Gasteiger partial charge in [-0.25, -0.2) is 0 Å². The third-order valence-corrected chi connectivity index (χ3v) is 6.49. The highest BCUT2D eigenvalue weighted by Crippen LogP contribution is 2.49. The van der Waals surface area contributed by atoms with Crippen LogP contribution in [0.5, 0.6) is 0 Å². The van der Waals surface area contributed by atoms with E-state index < -0.39 is 0 Å². The highest BCUT2D eigenvalue weighted by molar-refractivity contribution is 7.15. The fourth-order valence-corrected chi connectivity index (χ4v) is 5.23. The largest absolute Gasteiger partial charge is 0.300 e. The van der Waals surface area contributed by atoms with Crippen molar-refractivity contribution in [3.63, 3.8) is 0 Å². The van der Waals surface area contributed by atoms with Crippen LogP contribution in [0, 0.1) is 23.7 Å². The highest BCUT2D eigenvalue weighted by atomic mass is 32.1. The Balaban J connectivity index is 1.35. The maximum absolute atomic E-state index is 12.7. The number of aromatic nitrogens is 2. The van der Waals surface area contributed by atoms with Gasteiger partial charge < -0.3 is 5.32 Å². The Morgan fingerprint density at radius 1 is 1.19 bits per heavy atom. The van der Waals surface area contributed by atoms with Crippen LogP contribution in [0.4, 0.5) is 5.13 Å². The van der Waals surface area contributed by atoms with Crippen molar-refractivity contribution in [2.45, 2.75) is 39.0 Å². The number of carbonyl (C=O) groups excluding carboxylic acids is 3. The van der Waals surface area contributed by atoms with Crippen molar-refractivity contribution in [3.05, 3.63) is 17.2 Å². The molecule has 1 aromatic rings. The van der Waals surface area contributed by atoms with E-state index in [1.54, 1.807) is 0 Å². The Bertz CT molecular complexity index is 742. The van der Waals surface area contributed by atoms with Gasteiger partial charge in [0.05, 0.1) is 11.8 Å². The quantitative estimate of drug-likeness (QED) is 0.607.